The van der Waals surface area contributed by atoms with Crippen LogP contribution in [0.4, 0.5) is 0 Å². The molecule has 0 spiro atoms. The molecule has 30 heavy (non-hydrogen) atoms. The predicted octanol–water partition coefficient (Wildman–Crippen LogP) is 5.12. The number of methoxy groups -OCH3 is 1. The molecule has 0 saturated heterocycles. The van der Waals surface area contributed by atoms with E-state index in [1.807, 2.05) is 32.0 Å². The molecular weight excluding hydrogens is 402 g/mol. The zero-order valence-electron chi connectivity index (χ0n) is 18.1. The molecular formula is C23H30ClN3O3. The molecule has 2 aromatic carbocycles. The lowest BCUT2D eigenvalue weighted by atomic mass is 10.1. The topological polar surface area (TPSA) is 69.8 Å². The second-order valence-electron chi connectivity index (χ2n) is 7.74. The van der Waals surface area contributed by atoms with E-state index in [1.165, 1.54) is 0 Å². The number of ether oxygens (including phenoxy) is 1. The molecule has 0 fully saturated rings. The summed E-state index contributed by atoms with van der Waals surface area (Å²) in [5.74, 6) is 0.694. The summed E-state index contributed by atoms with van der Waals surface area (Å²) in [7, 11) is 1.61. The average Bonchev–Trinajstić information content (AvgIpc) is 2.76. The summed E-state index contributed by atoms with van der Waals surface area (Å²) in [5, 5.41) is 26.2. The van der Waals surface area contributed by atoms with E-state index in [1.54, 1.807) is 25.3 Å². The van der Waals surface area contributed by atoms with Gasteiger partial charge in [-0.05, 0) is 70.0 Å². The first kappa shape index (κ1) is 22.4. The Morgan fingerprint density at radius 2 is 1.87 bits per heavy atom. The summed E-state index contributed by atoms with van der Waals surface area (Å²) in [6, 6.07) is 10.9. The largest absolute Gasteiger partial charge is 0.633 e. The zero-order valence-corrected chi connectivity index (χ0v) is 18.8. The van der Waals surface area contributed by atoms with Gasteiger partial charge in [-0.15, -0.1) is 0 Å². The van der Waals surface area contributed by atoms with Gasteiger partial charge in [0.1, 0.15) is 5.75 Å². The molecule has 162 valence electrons. The van der Waals surface area contributed by atoms with Gasteiger partial charge in [-0.3, -0.25) is 4.99 Å². The molecule has 0 amide bonds. The van der Waals surface area contributed by atoms with E-state index in [0.717, 1.165) is 33.7 Å². The van der Waals surface area contributed by atoms with E-state index >= 15 is 0 Å². The first-order valence-electron chi connectivity index (χ1n) is 10.4. The van der Waals surface area contributed by atoms with Crippen molar-refractivity contribution in [2.24, 2.45) is 4.99 Å². The van der Waals surface area contributed by atoms with Gasteiger partial charge in [0.05, 0.1) is 43.1 Å². The van der Waals surface area contributed by atoms with Gasteiger partial charge in [-0.25, -0.2) is 0 Å². The van der Waals surface area contributed by atoms with Crippen molar-refractivity contribution in [2.75, 3.05) is 26.7 Å². The van der Waals surface area contributed by atoms with E-state index in [2.05, 4.69) is 6.92 Å². The fourth-order valence-corrected chi connectivity index (χ4v) is 3.98. The van der Waals surface area contributed by atoms with Gasteiger partial charge in [0.15, 0.2) is 0 Å². The van der Waals surface area contributed by atoms with Crippen molar-refractivity contribution in [3.63, 3.8) is 0 Å². The summed E-state index contributed by atoms with van der Waals surface area (Å²) in [6.07, 6.45) is 1.63. The number of hydrogen-bond acceptors (Lipinski definition) is 4. The third kappa shape index (κ3) is 4.56. The maximum absolute atomic E-state index is 12.5. The number of aromatic nitrogens is 1. The molecule has 1 unspecified atom stereocenters. The Bertz CT molecular complexity index is 1110. The van der Waals surface area contributed by atoms with Crippen LogP contribution in [0.15, 0.2) is 41.4 Å². The molecule has 0 aliphatic rings. The lowest BCUT2D eigenvalue weighted by molar-refractivity contribution is -0.877. The Morgan fingerprint density at radius 3 is 2.53 bits per heavy atom. The van der Waals surface area contributed by atoms with Crippen LogP contribution in [0.1, 0.15) is 33.6 Å². The first-order chi connectivity index (χ1) is 14.3. The maximum Gasteiger partial charge on any atom is 0.119 e. The first-order valence-corrected chi connectivity index (χ1v) is 10.8. The molecule has 1 aromatic heterocycles. The highest BCUT2D eigenvalue weighted by molar-refractivity contribution is 6.31. The van der Waals surface area contributed by atoms with Crippen LogP contribution >= 0.6 is 11.6 Å². The molecule has 1 N–H and O–H groups in total. The van der Waals surface area contributed by atoms with Crippen LogP contribution in [0.3, 0.4) is 0 Å². The highest BCUT2D eigenvalue weighted by Crippen LogP contribution is 2.24. The van der Waals surface area contributed by atoms with Crippen molar-refractivity contribution >= 4 is 33.4 Å². The fourth-order valence-electron chi connectivity index (χ4n) is 3.81. The lowest BCUT2D eigenvalue weighted by Crippen LogP contribution is -2.42. The van der Waals surface area contributed by atoms with Gasteiger partial charge in [0.2, 0.25) is 0 Å². The quantitative estimate of drug-likeness (QED) is 0.233. The van der Waals surface area contributed by atoms with E-state index in [0.29, 0.717) is 41.4 Å². The van der Waals surface area contributed by atoms with E-state index in [4.69, 9.17) is 21.3 Å². The van der Waals surface area contributed by atoms with E-state index in [-0.39, 0.29) is 10.7 Å². The summed E-state index contributed by atoms with van der Waals surface area (Å²) < 4.78 is 6.37. The molecule has 0 saturated carbocycles. The van der Waals surface area contributed by atoms with Crippen LogP contribution < -0.4 is 10.1 Å². The third-order valence-corrected chi connectivity index (χ3v) is 6.05. The highest BCUT2D eigenvalue weighted by Gasteiger charge is 2.14. The van der Waals surface area contributed by atoms with Gasteiger partial charge < -0.3 is 19.8 Å². The number of hydroxylamine groups is 3. The molecule has 7 heteroatoms. The van der Waals surface area contributed by atoms with Gasteiger partial charge in [0, 0.05) is 21.8 Å². The van der Waals surface area contributed by atoms with Crippen molar-refractivity contribution in [1.82, 2.24) is 4.73 Å². The number of fused-ring (bicyclic) bond motifs is 2. The van der Waals surface area contributed by atoms with Gasteiger partial charge in [-0.1, -0.05) is 11.6 Å². The van der Waals surface area contributed by atoms with Crippen LogP contribution in [0.2, 0.25) is 5.02 Å². The van der Waals surface area contributed by atoms with Gasteiger partial charge in [0.25, 0.3) is 0 Å². The highest BCUT2D eigenvalue weighted by atomic mass is 35.5. The summed E-state index contributed by atoms with van der Waals surface area (Å²) in [6.45, 7) is 7.72. The Kier molecular flexibility index (Phi) is 6.91. The van der Waals surface area contributed by atoms with Gasteiger partial charge >= 0.3 is 0 Å². The van der Waals surface area contributed by atoms with Crippen LogP contribution in [0.25, 0.3) is 21.8 Å². The Hall–Kier alpha value is -2.28. The molecule has 3 aromatic rings. The van der Waals surface area contributed by atoms with Crippen LogP contribution in [0.5, 0.6) is 5.75 Å². The van der Waals surface area contributed by atoms with Crippen molar-refractivity contribution < 1.29 is 14.6 Å². The number of pyridine rings is 1. The summed E-state index contributed by atoms with van der Waals surface area (Å²) >= 11 is 6.18. The van der Waals surface area contributed by atoms with Crippen molar-refractivity contribution in [2.45, 2.75) is 39.7 Å². The van der Waals surface area contributed by atoms with Crippen molar-refractivity contribution in [3.05, 3.63) is 52.0 Å². The smallest absolute Gasteiger partial charge is 0.119 e. The molecule has 0 bridgehead atoms. The number of hydrogen-bond donors (Lipinski definition) is 1. The number of rotatable bonds is 8. The fraction of sp³-hybridized carbons (Fsp3) is 0.435. The minimum atomic E-state index is -0.163. The minimum Gasteiger partial charge on any atom is -0.633 e. The number of quaternary nitrogens is 1. The molecule has 0 radical (unpaired) electrons. The second-order valence-corrected chi connectivity index (χ2v) is 8.18. The Balaban J connectivity index is 2.08. The van der Waals surface area contributed by atoms with Crippen LogP contribution in [0, 0.1) is 5.21 Å². The summed E-state index contributed by atoms with van der Waals surface area (Å²) in [4.78, 5) is 5.00. The van der Waals surface area contributed by atoms with Gasteiger partial charge in [-0.2, -0.15) is 4.73 Å². The lowest BCUT2D eigenvalue weighted by Gasteiger charge is -2.41. The molecule has 6 nitrogen and oxygen atoms in total. The standard InChI is InChI=1S/C23H30ClN3O3/c1-5-27(29,6-2)13-7-8-16(3)25-23-19-11-9-17(24)14-22(19)26(28)21-12-10-18(30-4)15-20(21)23/h9-12,14-16,28H,5-8,13H2,1-4H3. The van der Waals surface area contributed by atoms with Crippen LogP contribution in [-0.4, -0.2) is 47.4 Å². The van der Waals surface area contributed by atoms with E-state index < -0.39 is 0 Å². The minimum absolute atomic E-state index is 0.0231. The van der Waals surface area contributed by atoms with Crippen LogP contribution in [-0.2, 0) is 0 Å². The Morgan fingerprint density at radius 1 is 1.13 bits per heavy atom. The molecule has 3 rings (SSSR count). The predicted molar refractivity (Wildman–Crippen MR) is 122 cm³/mol. The average molecular weight is 432 g/mol. The molecule has 0 aliphatic heterocycles. The van der Waals surface area contributed by atoms with Crippen molar-refractivity contribution in [3.8, 4) is 5.75 Å². The summed E-state index contributed by atoms with van der Waals surface area (Å²) in [5.41, 5.74) is 1.22. The molecule has 1 heterocycles. The van der Waals surface area contributed by atoms with Crippen molar-refractivity contribution in [1.29, 1.82) is 0 Å². The second kappa shape index (κ2) is 9.25. The number of halogens is 1. The Labute approximate surface area is 182 Å². The monoisotopic (exact) mass is 431 g/mol. The maximum atomic E-state index is 12.5. The zero-order chi connectivity index (χ0) is 21.9. The number of nitrogens with zero attached hydrogens (tertiary/aromatic N) is 3. The van der Waals surface area contributed by atoms with E-state index in [9.17, 15) is 10.4 Å². The molecule has 0 aliphatic carbocycles. The number of benzene rings is 2. The third-order valence-electron chi connectivity index (χ3n) is 5.82. The molecule has 1 atom stereocenters. The SMILES string of the molecule is CC[N+]([O-])(CC)CCCC(C)N=c1c2cc(OC)ccc2n(O)c2cc(Cl)ccc12. The normalized spacial score (nSPS) is 13.9.